The maximum absolute atomic E-state index is 12.8. The van der Waals surface area contributed by atoms with Crippen molar-refractivity contribution in [2.24, 2.45) is 0 Å². The molecule has 3 aromatic rings. The number of nitrogens with zero attached hydrogens (tertiary/aromatic N) is 4. The summed E-state index contributed by atoms with van der Waals surface area (Å²) in [4.78, 5) is 24.2. The highest BCUT2D eigenvalue weighted by Crippen LogP contribution is 2.25. The van der Waals surface area contributed by atoms with E-state index in [0.29, 0.717) is 30.5 Å². The number of benzene rings is 2. The Kier molecular flexibility index (Phi) is 8.38. The lowest BCUT2D eigenvalue weighted by atomic mass is 10.1. The lowest BCUT2D eigenvalue weighted by molar-refractivity contribution is -0.138. The number of anilines is 5. The third-order valence-corrected chi connectivity index (χ3v) is 7.79. The standard InChI is InChI=1S/C27H35N7O4S/c1-19-17-28-26(30-20-8-10-22(11-9-20)34-14-12-33(13-15-34)18-24(35)36)31-25(19)29-21-6-5-7-23(16-21)39(37,38)32-27(2,3)4/h5-11,16-17,32H,12-15,18H2,1-4H3,(H,35,36)(H2,28,29,30,31). The highest BCUT2D eigenvalue weighted by atomic mass is 32.2. The number of sulfonamides is 1. The largest absolute Gasteiger partial charge is 0.480 e. The van der Waals surface area contributed by atoms with E-state index in [4.69, 9.17) is 5.11 Å². The van der Waals surface area contributed by atoms with Crippen LogP contribution < -0.4 is 20.3 Å². The predicted octanol–water partition coefficient (Wildman–Crippen LogP) is 3.56. The number of carbonyl (C=O) groups is 1. The smallest absolute Gasteiger partial charge is 0.317 e. The fraction of sp³-hybridized carbons (Fsp3) is 0.370. The van der Waals surface area contributed by atoms with E-state index in [9.17, 15) is 13.2 Å². The molecular formula is C27H35N7O4S. The number of aryl methyl sites for hydroxylation is 1. The van der Waals surface area contributed by atoms with Crippen molar-refractivity contribution < 1.29 is 18.3 Å². The van der Waals surface area contributed by atoms with E-state index in [2.05, 4.69) is 30.2 Å². The molecule has 2 heterocycles. The molecule has 208 valence electrons. The van der Waals surface area contributed by atoms with Crippen LogP contribution in [0.1, 0.15) is 26.3 Å². The zero-order valence-electron chi connectivity index (χ0n) is 22.6. The second-order valence-electron chi connectivity index (χ2n) is 10.6. The summed E-state index contributed by atoms with van der Waals surface area (Å²) in [6.45, 7) is 10.3. The molecule has 12 heteroatoms. The normalized spacial score (nSPS) is 14.7. The van der Waals surface area contributed by atoms with Crippen LogP contribution in [0, 0.1) is 6.92 Å². The number of aromatic nitrogens is 2. The molecule has 11 nitrogen and oxygen atoms in total. The van der Waals surface area contributed by atoms with Gasteiger partial charge in [0.25, 0.3) is 0 Å². The summed E-state index contributed by atoms with van der Waals surface area (Å²) >= 11 is 0. The summed E-state index contributed by atoms with van der Waals surface area (Å²) in [7, 11) is -3.68. The van der Waals surface area contributed by atoms with Crippen LogP contribution >= 0.6 is 0 Å². The molecule has 0 bridgehead atoms. The van der Waals surface area contributed by atoms with Crippen molar-refractivity contribution in [3.63, 3.8) is 0 Å². The molecular weight excluding hydrogens is 518 g/mol. The molecule has 0 unspecified atom stereocenters. The molecule has 1 aliphatic heterocycles. The maximum atomic E-state index is 12.8. The molecule has 0 atom stereocenters. The quantitative estimate of drug-likeness (QED) is 0.311. The Morgan fingerprint density at radius 1 is 1.00 bits per heavy atom. The minimum Gasteiger partial charge on any atom is -0.480 e. The third-order valence-electron chi connectivity index (χ3n) is 6.04. The van der Waals surface area contributed by atoms with E-state index >= 15 is 0 Å². The lowest BCUT2D eigenvalue weighted by Gasteiger charge is -2.35. The van der Waals surface area contributed by atoms with Gasteiger partial charge in [-0.3, -0.25) is 9.69 Å². The molecule has 2 aromatic carbocycles. The van der Waals surface area contributed by atoms with Gasteiger partial charge >= 0.3 is 5.97 Å². The van der Waals surface area contributed by atoms with Gasteiger partial charge in [-0.25, -0.2) is 18.1 Å². The molecule has 4 rings (SSSR count). The summed E-state index contributed by atoms with van der Waals surface area (Å²) in [5.74, 6) is 0.156. The minimum absolute atomic E-state index is 0.0725. The molecule has 1 saturated heterocycles. The van der Waals surface area contributed by atoms with Crippen LogP contribution in [0.5, 0.6) is 0 Å². The van der Waals surface area contributed by atoms with Gasteiger partial charge in [0.1, 0.15) is 5.82 Å². The van der Waals surface area contributed by atoms with Gasteiger partial charge in [0.15, 0.2) is 0 Å². The first-order chi connectivity index (χ1) is 18.4. The first-order valence-electron chi connectivity index (χ1n) is 12.7. The second-order valence-corrected chi connectivity index (χ2v) is 12.2. The number of carboxylic acids is 1. The molecule has 0 radical (unpaired) electrons. The number of hydrogen-bond donors (Lipinski definition) is 4. The number of nitrogens with one attached hydrogen (secondary N) is 3. The summed E-state index contributed by atoms with van der Waals surface area (Å²) in [6, 6.07) is 14.5. The van der Waals surface area contributed by atoms with E-state index in [0.717, 1.165) is 30.0 Å². The van der Waals surface area contributed by atoms with Gasteiger partial charge in [-0.2, -0.15) is 4.98 Å². The Bertz CT molecular complexity index is 1410. The molecule has 0 aliphatic carbocycles. The molecule has 39 heavy (non-hydrogen) atoms. The summed E-state index contributed by atoms with van der Waals surface area (Å²) < 4.78 is 28.2. The summed E-state index contributed by atoms with van der Waals surface area (Å²) in [5.41, 5.74) is 2.69. The van der Waals surface area contributed by atoms with Crippen LogP contribution in [0.25, 0.3) is 0 Å². The monoisotopic (exact) mass is 553 g/mol. The SMILES string of the molecule is Cc1cnc(Nc2ccc(N3CCN(CC(=O)O)CC3)cc2)nc1Nc1cccc(S(=O)(=O)NC(C)(C)C)c1. The van der Waals surface area contributed by atoms with Gasteiger partial charge in [0.2, 0.25) is 16.0 Å². The van der Waals surface area contributed by atoms with E-state index in [1.54, 1.807) is 51.2 Å². The van der Waals surface area contributed by atoms with Gasteiger partial charge in [-0.15, -0.1) is 0 Å². The summed E-state index contributed by atoms with van der Waals surface area (Å²) in [5, 5.41) is 15.4. The van der Waals surface area contributed by atoms with Crippen molar-refractivity contribution >= 4 is 44.8 Å². The number of hydrogen-bond acceptors (Lipinski definition) is 9. The molecule has 4 N–H and O–H groups in total. The topological polar surface area (TPSA) is 140 Å². The summed E-state index contributed by atoms with van der Waals surface area (Å²) in [6.07, 6.45) is 1.70. The van der Waals surface area contributed by atoms with Crippen LogP contribution in [0.15, 0.2) is 59.6 Å². The molecule has 0 saturated carbocycles. The molecule has 1 fully saturated rings. The van der Waals surface area contributed by atoms with Gasteiger partial charge < -0.3 is 20.6 Å². The Labute approximate surface area is 229 Å². The van der Waals surface area contributed by atoms with Gasteiger partial charge in [-0.05, 0) is 70.2 Å². The Morgan fingerprint density at radius 3 is 2.33 bits per heavy atom. The Balaban J connectivity index is 1.42. The Morgan fingerprint density at radius 2 is 1.69 bits per heavy atom. The highest BCUT2D eigenvalue weighted by molar-refractivity contribution is 7.89. The van der Waals surface area contributed by atoms with E-state index in [1.807, 2.05) is 36.1 Å². The average molecular weight is 554 g/mol. The van der Waals surface area contributed by atoms with Crippen molar-refractivity contribution in [1.82, 2.24) is 19.6 Å². The van der Waals surface area contributed by atoms with E-state index in [1.165, 1.54) is 0 Å². The van der Waals surface area contributed by atoms with Crippen molar-refractivity contribution in [2.45, 2.75) is 38.1 Å². The fourth-order valence-corrected chi connectivity index (χ4v) is 5.67. The number of piperazine rings is 1. The third kappa shape index (κ3) is 7.88. The van der Waals surface area contributed by atoms with Crippen LogP contribution in [-0.2, 0) is 14.8 Å². The molecule has 0 amide bonds. The molecule has 1 aromatic heterocycles. The second kappa shape index (κ2) is 11.6. The lowest BCUT2D eigenvalue weighted by Crippen LogP contribution is -2.47. The first-order valence-corrected chi connectivity index (χ1v) is 14.2. The van der Waals surface area contributed by atoms with Crippen LogP contribution in [-0.4, -0.2) is 72.6 Å². The minimum atomic E-state index is -3.68. The predicted molar refractivity (Wildman–Crippen MR) is 153 cm³/mol. The van der Waals surface area contributed by atoms with Crippen molar-refractivity contribution in [3.05, 3.63) is 60.3 Å². The van der Waals surface area contributed by atoms with Crippen LogP contribution in [0.3, 0.4) is 0 Å². The number of carboxylic acid groups (broad SMARTS) is 1. The average Bonchev–Trinajstić information content (AvgIpc) is 2.86. The van der Waals surface area contributed by atoms with Crippen molar-refractivity contribution in [3.8, 4) is 0 Å². The highest BCUT2D eigenvalue weighted by Gasteiger charge is 2.22. The van der Waals surface area contributed by atoms with Gasteiger partial charge in [0.05, 0.1) is 11.4 Å². The van der Waals surface area contributed by atoms with Gasteiger partial charge in [-0.1, -0.05) is 6.07 Å². The van der Waals surface area contributed by atoms with E-state index in [-0.39, 0.29) is 11.4 Å². The van der Waals surface area contributed by atoms with Crippen LogP contribution in [0.2, 0.25) is 0 Å². The van der Waals surface area contributed by atoms with Crippen molar-refractivity contribution in [1.29, 1.82) is 0 Å². The number of rotatable bonds is 9. The van der Waals surface area contributed by atoms with Crippen molar-refractivity contribution in [2.75, 3.05) is 48.3 Å². The van der Waals surface area contributed by atoms with E-state index < -0.39 is 21.5 Å². The first kappa shape index (κ1) is 28.3. The zero-order valence-corrected chi connectivity index (χ0v) is 23.4. The van der Waals surface area contributed by atoms with Gasteiger partial charge in [0, 0.05) is 60.5 Å². The maximum Gasteiger partial charge on any atom is 0.317 e. The number of aliphatic carboxylic acids is 1. The Hall–Kier alpha value is -3.74. The molecule has 0 spiro atoms. The fourth-order valence-electron chi connectivity index (χ4n) is 4.21. The van der Waals surface area contributed by atoms with Crippen LogP contribution in [0.4, 0.5) is 28.8 Å². The zero-order chi connectivity index (χ0) is 28.2. The molecule has 1 aliphatic rings.